The van der Waals surface area contributed by atoms with Gasteiger partial charge in [0, 0.05) is 47.2 Å². The zero-order valence-corrected chi connectivity index (χ0v) is 15.3. The van der Waals surface area contributed by atoms with E-state index in [4.69, 9.17) is 11.6 Å². The highest BCUT2D eigenvalue weighted by Gasteiger charge is 2.19. The molecule has 1 aliphatic heterocycles. The van der Waals surface area contributed by atoms with Crippen LogP contribution in [0.4, 0.5) is 0 Å². The summed E-state index contributed by atoms with van der Waals surface area (Å²) < 4.78 is 0. The van der Waals surface area contributed by atoms with E-state index in [1.54, 1.807) is 0 Å². The number of rotatable bonds is 4. The topological polar surface area (TPSA) is 36.1 Å². The van der Waals surface area contributed by atoms with E-state index in [-0.39, 0.29) is 5.91 Å². The van der Waals surface area contributed by atoms with Gasteiger partial charge in [-0.25, -0.2) is 0 Å². The fourth-order valence-corrected chi connectivity index (χ4v) is 3.72. The van der Waals surface area contributed by atoms with Crippen molar-refractivity contribution in [2.24, 2.45) is 0 Å². The average Bonchev–Trinajstić information content (AvgIpc) is 3.10. The minimum Gasteiger partial charge on any atom is -0.361 e. The number of halogens is 1. The number of benzene rings is 2. The number of amides is 1. The van der Waals surface area contributed by atoms with E-state index in [0.717, 1.165) is 35.3 Å². The van der Waals surface area contributed by atoms with Crippen LogP contribution >= 0.6 is 11.6 Å². The molecule has 4 heteroatoms. The van der Waals surface area contributed by atoms with Gasteiger partial charge >= 0.3 is 0 Å². The van der Waals surface area contributed by atoms with Crippen molar-refractivity contribution in [1.82, 2.24) is 9.88 Å². The Bertz CT molecular complexity index is 959. The van der Waals surface area contributed by atoms with Gasteiger partial charge in [-0.2, -0.15) is 0 Å². The van der Waals surface area contributed by atoms with Crippen LogP contribution in [0.1, 0.15) is 24.0 Å². The molecule has 0 saturated carbocycles. The standard InChI is InChI=1S/C22H21ClN2O/c23-18-7-8-21-19(14-18)20(15-24-21)17-10-12-25(13-11-17)22(26)9-6-16-4-2-1-3-5-16/h1-5,7-8,10,14-15,24H,6,9,11-13H2. The third-order valence-corrected chi connectivity index (χ3v) is 5.26. The van der Waals surface area contributed by atoms with Crippen LogP contribution in [0.15, 0.2) is 60.8 Å². The highest BCUT2D eigenvalue weighted by molar-refractivity contribution is 6.31. The van der Waals surface area contributed by atoms with Crippen molar-refractivity contribution in [1.29, 1.82) is 0 Å². The van der Waals surface area contributed by atoms with Crippen LogP contribution in [0.2, 0.25) is 5.02 Å². The molecule has 132 valence electrons. The second-order valence-corrected chi connectivity index (χ2v) is 7.13. The van der Waals surface area contributed by atoms with Crippen molar-refractivity contribution in [2.75, 3.05) is 13.1 Å². The molecular formula is C22H21ClN2O. The maximum absolute atomic E-state index is 12.5. The van der Waals surface area contributed by atoms with Crippen molar-refractivity contribution in [2.45, 2.75) is 19.3 Å². The number of carbonyl (C=O) groups is 1. The highest BCUT2D eigenvalue weighted by Crippen LogP contribution is 2.31. The summed E-state index contributed by atoms with van der Waals surface area (Å²) in [6.45, 7) is 1.45. The van der Waals surface area contributed by atoms with E-state index in [1.165, 1.54) is 16.7 Å². The number of hydrogen-bond acceptors (Lipinski definition) is 1. The number of hydrogen-bond donors (Lipinski definition) is 1. The van der Waals surface area contributed by atoms with E-state index in [2.05, 4.69) is 23.2 Å². The van der Waals surface area contributed by atoms with Gasteiger partial charge in [-0.15, -0.1) is 0 Å². The third-order valence-electron chi connectivity index (χ3n) is 5.02. The van der Waals surface area contributed by atoms with Crippen LogP contribution in [0.3, 0.4) is 0 Å². The van der Waals surface area contributed by atoms with Gasteiger partial charge in [0.1, 0.15) is 0 Å². The van der Waals surface area contributed by atoms with Crippen LogP contribution in [-0.2, 0) is 11.2 Å². The number of aromatic nitrogens is 1. The third kappa shape index (κ3) is 3.54. The molecule has 0 bridgehead atoms. The predicted molar refractivity (Wildman–Crippen MR) is 107 cm³/mol. The number of fused-ring (bicyclic) bond motifs is 1. The quantitative estimate of drug-likeness (QED) is 0.689. The SMILES string of the molecule is O=C(CCc1ccccc1)N1CC=C(c2c[nH]c3ccc(Cl)cc23)CC1. The van der Waals surface area contributed by atoms with Crippen molar-refractivity contribution < 1.29 is 4.79 Å². The Morgan fingerprint density at radius 2 is 2.00 bits per heavy atom. The predicted octanol–water partition coefficient (Wildman–Crippen LogP) is 5.07. The first kappa shape index (κ1) is 16.9. The first-order valence-electron chi connectivity index (χ1n) is 8.98. The molecule has 1 aromatic heterocycles. The number of nitrogens with zero attached hydrogens (tertiary/aromatic N) is 1. The minimum absolute atomic E-state index is 0.228. The van der Waals surface area contributed by atoms with E-state index in [9.17, 15) is 4.79 Å². The summed E-state index contributed by atoms with van der Waals surface area (Å²) in [5, 5.41) is 1.89. The lowest BCUT2D eigenvalue weighted by Crippen LogP contribution is -2.34. The average molecular weight is 365 g/mol. The Hall–Kier alpha value is -2.52. The summed E-state index contributed by atoms with van der Waals surface area (Å²) in [5.41, 5.74) is 4.78. The summed E-state index contributed by atoms with van der Waals surface area (Å²) in [4.78, 5) is 17.8. The molecule has 0 saturated heterocycles. The highest BCUT2D eigenvalue weighted by atomic mass is 35.5. The fraction of sp³-hybridized carbons (Fsp3) is 0.227. The lowest BCUT2D eigenvalue weighted by atomic mass is 9.98. The molecule has 0 fully saturated rings. The van der Waals surface area contributed by atoms with Crippen LogP contribution in [-0.4, -0.2) is 28.9 Å². The first-order chi connectivity index (χ1) is 12.7. The molecule has 0 unspecified atom stereocenters. The molecule has 3 nitrogen and oxygen atoms in total. The summed E-state index contributed by atoms with van der Waals surface area (Å²) in [6, 6.07) is 16.1. The van der Waals surface area contributed by atoms with Crippen molar-refractivity contribution in [3.8, 4) is 0 Å². The maximum Gasteiger partial charge on any atom is 0.223 e. The second-order valence-electron chi connectivity index (χ2n) is 6.70. The van der Waals surface area contributed by atoms with Crippen LogP contribution < -0.4 is 0 Å². The van der Waals surface area contributed by atoms with Crippen molar-refractivity contribution >= 4 is 34.0 Å². The van der Waals surface area contributed by atoms with Crippen molar-refractivity contribution in [3.05, 3.63) is 77.0 Å². The van der Waals surface area contributed by atoms with Gasteiger partial charge in [0.25, 0.3) is 0 Å². The monoisotopic (exact) mass is 364 g/mol. The van der Waals surface area contributed by atoms with Crippen LogP contribution in [0.25, 0.3) is 16.5 Å². The Morgan fingerprint density at radius 1 is 1.15 bits per heavy atom. The molecule has 1 N–H and O–H groups in total. The Labute approximate surface area is 158 Å². The fourth-order valence-electron chi connectivity index (χ4n) is 3.55. The van der Waals surface area contributed by atoms with E-state index in [1.807, 2.05) is 47.5 Å². The molecule has 0 atom stereocenters. The van der Waals surface area contributed by atoms with E-state index < -0.39 is 0 Å². The van der Waals surface area contributed by atoms with Gasteiger partial charge in [0.05, 0.1) is 0 Å². The lowest BCUT2D eigenvalue weighted by molar-refractivity contribution is -0.130. The molecule has 4 rings (SSSR count). The smallest absolute Gasteiger partial charge is 0.223 e. The van der Waals surface area contributed by atoms with Gasteiger partial charge in [-0.1, -0.05) is 48.0 Å². The molecule has 0 radical (unpaired) electrons. The summed E-state index contributed by atoms with van der Waals surface area (Å²) >= 11 is 6.15. The number of aryl methyl sites for hydroxylation is 1. The molecular weight excluding hydrogens is 344 g/mol. The molecule has 0 spiro atoms. The van der Waals surface area contributed by atoms with E-state index >= 15 is 0 Å². The summed E-state index contributed by atoms with van der Waals surface area (Å²) in [5.74, 6) is 0.228. The van der Waals surface area contributed by atoms with Crippen LogP contribution in [0.5, 0.6) is 0 Å². The van der Waals surface area contributed by atoms with E-state index in [0.29, 0.717) is 13.0 Å². The van der Waals surface area contributed by atoms with Gasteiger partial charge < -0.3 is 9.88 Å². The molecule has 1 aliphatic rings. The summed E-state index contributed by atoms with van der Waals surface area (Å²) in [6.07, 6.45) is 6.45. The Kier molecular flexibility index (Phi) is 4.81. The lowest BCUT2D eigenvalue weighted by Gasteiger charge is -2.26. The van der Waals surface area contributed by atoms with Crippen molar-refractivity contribution in [3.63, 3.8) is 0 Å². The molecule has 0 aliphatic carbocycles. The molecule has 2 heterocycles. The second kappa shape index (κ2) is 7.38. The normalized spacial score (nSPS) is 14.5. The first-order valence-corrected chi connectivity index (χ1v) is 9.36. The molecule has 2 aromatic carbocycles. The molecule has 1 amide bonds. The number of aromatic amines is 1. The molecule has 26 heavy (non-hydrogen) atoms. The number of H-pyrrole nitrogens is 1. The van der Waals surface area contributed by atoms with Crippen LogP contribution in [0, 0.1) is 0 Å². The zero-order valence-electron chi connectivity index (χ0n) is 14.5. The number of nitrogens with one attached hydrogen (secondary N) is 1. The van der Waals surface area contributed by atoms with Gasteiger partial charge in [-0.05, 0) is 42.2 Å². The zero-order chi connectivity index (χ0) is 17.9. The largest absolute Gasteiger partial charge is 0.361 e. The summed E-state index contributed by atoms with van der Waals surface area (Å²) in [7, 11) is 0. The van der Waals surface area contributed by atoms with Gasteiger partial charge in [0.2, 0.25) is 5.91 Å². The Balaban J connectivity index is 1.42. The minimum atomic E-state index is 0.228. The number of carbonyl (C=O) groups excluding carboxylic acids is 1. The van der Waals surface area contributed by atoms with Gasteiger partial charge in [0.15, 0.2) is 0 Å². The Morgan fingerprint density at radius 3 is 2.77 bits per heavy atom. The maximum atomic E-state index is 12.5. The molecule has 3 aromatic rings. The van der Waals surface area contributed by atoms with Gasteiger partial charge in [-0.3, -0.25) is 4.79 Å².